The molecule has 0 saturated heterocycles. The van der Waals surface area contributed by atoms with Crippen LogP contribution < -0.4 is 5.73 Å². The van der Waals surface area contributed by atoms with E-state index < -0.39 is 0 Å². The molecule has 0 aliphatic heterocycles. The molecular formula is C10H10FN3. The van der Waals surface area contributed by atoms with Crippen LogP contribution in [-0.4, -0.2) is 10.2 Å². The molecule has 14 heavy (non-hydrogen) atoms. The summed E-state index contributed by atoms with van der Waals surface area (Å²) in [5.41, 5.74) is 8.20. The molecule has 3 N–H and O–H groups in total. The van der Waals surface area contributed by atoms with Crippen molar-refractivity contribution in [2.24, 2.45) is 0 Å². The molecule has 0 spiro atoms. The lowest BCUT2D eigenvalue weighted by Crippen LogP contribution is -1.86. The molecule has 1 heterocycles. The third-order valence-electron chi connectivity index (χ3n) is 2.18. The lowest BCUT2D eigenvalue weighted by Gasteiger charge is -1.98. The number of aromatic amines is 1. The third-order valence-corrected chi connectivity index (χ3v) is 2.18. The molecule has 0 fully saturated rings. The fourth-order valence-electron chi connectivity index (χ4n) is 1.31. The Balaban J connectivity index is 2.49. The second-order valence-electron chi connectivity index (χ2n) is 3.12. The molecule has 0 amide bonds. The minimum atomic E-state index is -0.251. The van der Waals surface area contributed by atoms with Gasteiger partial charge in [-0.3, -0.25) is 5.10 Å². The minimum Gasteiger partial charge on any atom is -0.382 e. The minimum absolute atomic E-state index is 0.251. The van der Waals surface area contributed by atoms with Gasteiger partial charge in [0, 0.05) is 11.1 Å². The predicted octanol–water partition coefficient (Wildman–Crippen LogP) is 2.11. The Kier molecular flexibility index (Phi) is 1.96. The highest BCUT2D eigenvalue weighted by molar-refractivity contribution is 5.67. The second kappa shape index (κ2) is 3.14. The smallest absolute Gasteiger partial charge is 0.148 e. The molecule has 0 bridgehead atoms. The molecule has 0 atom stereocenters. The number of halogens is 1. The Morgan fingerprint density at radius 3 is 2.43 bits per heavy atom. The van der Waals surface area contributed by atoms with Gasteiger partial charge in [0.05, 0.1) is 5.69 Å². The van der Waals surface area contributed by atoms with Crippen molar-refractivity contribution in [2.45, 2.75) is 6.92 Å². The van der Waals surface area contributed by atoms with Crippen LogP contribution in [0.25, 0.3) is 11.3 Å². The van der Waals surface area contributed by atoms with Gasteiger partial charge >= 0.3 is 0 Å². The van der Waals surface area contributed by atoms with Crippen molar-refractivity contribution in [3.8, 4) is 11.3 Å². The highest BCUT2D eigenvalue weighted by Gasteiger charge is 2.07. The molecule has 72 valence electrons. The summed E-state index contributed by atoms with van der Waals surface area (Å²) in [6.07, 6.45) is 0. The van der Waals surface area contributed by atoms with E-state index in [1.165, 1.54) is 12.1 Å². The Morgan fingerprint density at radius 1 is 1.29 bits per heavy atom. The van der Waals surface area contributed by atoms with Gasteiger partial charge in [0.25, 0.3) is 0 Å². The molecule has 0 aliphatic rings. The summed E-state index contributed by atoms with van der Waals surface area (Å²) in [5, 5.41) is 6.69. The number of rotatable bonds is 1. The number of nitrogen functional groups attached to an aromatic ring is 1. The Hall–Kier alpha value is -1.84. The first kappa shape index (κ1) is 8.74. The number of anilines is 1. The average molecular weight is 191 g/mol. The van der Waals surface area contributed by atoms with Crippen molar-refractivity contribution in [3.63, 3.8) is 0 Å². The standard InChI is InChI=1S/C10H10FN3/c1-6-9(13-14-10(6)12)7-2-4-8(11)5-3-7/h2-5H,1H3,(H3,12,13,14). The SMILES string of the molecule is Cc1c(N)n[nH]c1-c1ccc(F)cc1. The maximum atomic E-state index is 12.7. The molecule has 4 heteroatoms. The second-order valence-corrected chi connectivity index (χ2v) is 3.12. The van der Waals surface area contributed by atoms with Crippen molar-refractivity contribution < 1.29 is 4.39 Å². The maximum absolute atomic E-state index is 12.7. The van der Waals surface area contributed by atoms with Crippen LogP contribution in [0.1, 0.15) is 5.56 Å². The van der Waals surface area contributed by atoms with E-state index in [9.17, 15) is 4.39 Å². The fraction of sp³-hybridized carbons (Fsp3) is 0.100. The van der Waals surface area contributed by atoms with Crippen LogP contribution in [0.4, 0.5) is 10.2 Å². The zero-order valence-corrected chi connectivity index (χ0v) is 7.71. The summed E-state index contributed by atoms with van der Waals surface area (Å²) in [6.45, 7) is 1.87. The van der Waals surface area contributed by atoms with Crippen molar-refractivity contribution in [1.82, 2.24) is 10.2 Å². The first-order valence-electron chi connectivity index (χ1n) is 4.25. The molecule has 0 unspecified atom stereocenters. The van der Waals surface area contributed by atoms with Crippen molar-refractivity contribution in [3.05, 3.63) is 35.6 Å². The predicted molar refractivity (Wildman–Crippen MR) is 53.1 cm³/mol. The number of hydrogen-bond acceptors (Lipinski definition) is 2. The normalized spacial score (nSPS) is 10.4. The van der Waals surface area contributed by atoms with Crippen molar-refractivity contribution >= 4 is 5.82 Å². The van der Waals surface area contributed by atoms with Gasteiger partial charge in [0.1, 0.15) is 11.6 Å². The van der Waals surface area contributed by atoms with E-state index in [1.54, 1.807) is 12.1 Å². The maximum Gasteiger partial charge on any atom is 0.148 e. The Labute approximate surface area is 80.8 Å². The van der Waals surface area contributed by atoms with E-state index in [2.05, 4.69) is 10.2 Å². The summed E-state index contributed by atoms with van der Waals surface area (Å²) in [4.78, 5) is 0. The van der Waals surface area contributed by atoms with Gasteiger partial charge in [-0.25, -0.2) is 4.39 Å². The van der Waals surface area contributed by atoms with E-state index in [-0.39, 0.29) is 5.82 Å². The van der Waals surface area contributed by atoms with E-state index >= 15 is 0 Å². The van der Waals surface area contributed by atoms with Crippen LogP contribution in [0.5, 0.6) is 0 Å². The van der Waals surface area contributed by atoms with Crippen LogP contribution >= 0.6 is 0 Å². The van der Waals surface area contributed by atoms with Crippen LogP contribution in [-0.2, 0) is 0 Å². The van der Waals surface area contributed by atoms with Crippen LogP contribution in [0.15, 0.2) is 24.3 Å². The lowest BCUT2D eigenvalue weighted by atomic mass is 10.1. The summed E-state index contributed by atoms with van der Waals surface area (Å²) < 4.78 is 12.7. The zero-order chi connectivity index (χ0) is 10.1. The Morgan fingerprint density at radius 2 is 1.93 bits per heavy atom. The van der Waals surface area contributed by atoms with Crippen molar-refractivity contribution in [2.75, 3.05) is 5.73 Å². The molecular weight excluding hydrogens is 181 g/mol. The highest BCUT2D eigenvalue weighted by Crippen LogP contribution is 2.23. The lowest BCUT2D eigenvalue weighted by molar-refractivity contribution is 0.628. The van der Waals surface area contributed by atoms with Gasteiger partial charge < -0.3 is 5.73 Å². The number of nitrogens with two attached hydrogens (primary N) is 1. The van der Waals surface area contributed by atoms with E-state index in [4.69, 9.17) is 5.73 Å². The molecule has 2 aromatic rings. The first-order valence-corrected chi connectivity index (χ1v) is 4.25. The number of nitrogens with zero attached hydrogens (tertiary/aromatic N) is 1. The van der Waals surface area contributed by atoms with Crippen LogP contribution in [0.3, 0.4) is 0 Å². The Bertz CT molecular complexity index is 445. The zero-order valence-electron chi connectivity index (χ0n) is 7.71. The molecule has 3 nitrogen and oxygen atoms in total. The summed E-state index contributed by atoms with van der Waals surface area (Å²) >= 11 is 0. The van der Waals surface area contributed by atoms with Gasteiger partial charge in [-0.2, -0.15) is 5.10 Å². The molecule has 0 aliphatic carbocycles. The van der Waals surface area contributed by atoms with Crippen LogP contribution in [0, 0.1) is 12.7 Å². The molecule has 1 aromatic carbocycles. The van der Waals surface area contributed by atoms with Gasteiger partial charge in [-0.05, 0) is 31.2 Å². The number of hydrogen-bond donors (Lipinski definition) is 2. The largest absolute Gasteiger partial charge is 0.382 e. The molecule has 0 radical (unpaired) electrons. The van der Waals surface area contributed by atoms with Crippen LogP contribution in [0.2, 0.25) is 0 Å². The summed E-state index contributed by atoms with van der Waals surface area (Å²) in [7, 11) is 0. The first-order chi connectivity index (χ1) is 6.68. The van der Waals surface area contributed by atoms with E-state index in [0.717, 1.165) is 16.8 Å². The quantitative estimate of drug-likeness (QED) is 0.725. The molecule has 0 saturated carbocycles. The highest BCUT2D eigenvalue weighted by atomic mass is 19.1. The molecule has 2 rings (SSSR count). The number of benzene rings is 1. The number of H-pyrrole nitrogens is 1. The van der Waals surface area contributed by atoms with Gasteiger partial charge in [0.15, 0.2) is 0 Å². The van der Waals surface area contributed by atoms with Gasteiger partial charge in [-0.15, -0.1) is 0 Å². The number of nitrogens with one attached hydrogen (secondary N) is 1. The van der Waals surface area contributed by atoms with E-state index in [0.29, 0.717) is 5.82 Å². The number of aromatic nitrogens is 2. The van der Waals surface area contributed by atoms with Crippen molar-refractivity contribution in [1.29, 1.82) is 0 Å². The summed E-state index contributed by atoms with van der Waals surface area (Å²) in [6, 6.07) is 6.20. The van der Waals surface area contributed by atoms with Gasteiger partial charge in [-0.1, -0.05) is 0 Å². The molecule has 1 aromatic heterocycles. The average Bonchev–Trinajstić information content (AvgIpc) is 2.50. The topological polar surface area (TPSA) is 54.7 Å². The van der Waals surface area contributed by atoms with Gasteiger partial charge in [0.2, 0.25) is 0 Å². The van der Waals surface area contributed by atoms with E-state index in [1.807, 2.05) is 6.92 Å². The third kappa shape index (κ3) is 1.35. The monoisotopic (exact) mass is 191 g/mol. The fourth-order valence-corrected chi connectivity index (χ4v) is 1.31. The summed E-state index contributed by atoms with van der Waals surface area (Å²) in [5.74, 6) is 0.225.